The first-order chi connectivity index (χ1) is 14.9. The second-order valence-electron chi connectivity index (χ2n) is 7.27. The summed E-state index contributed by atoms with van der Waals surface area (Å²) < 4.78 is 29.6. The minimum atomic E-state index is -0.486. The number of amides is 2. The summed E-state index contributed by atoms with van der Waals surface area (Å²) in [6.45, 7) is 2.87. The topological polar surface area (TPSA) is 68.3 Å². The highest BCUT2D eigenvalue weighted by atomic mass is 19.1. The number of halogens is 1. The molecule has 7 nitrogen and oxygen atoms in total. The molecular weight excluding hydrogens is 403 g/mol. The number of anilines is 1. The molecule has 8 heteroatoms. The molecule has 31 heavy (non-hydrogen) atoms. The first-order valence-electron chi connectivity index (χ1n) is 10.0. The second kappa shape index (κ2) is 9.68. The van der Waals surface area contributed by atoms with Gasteiger partial charge in [-0.2, -0.15) is 0 Å². The fourth-order valence-electron chi connectivity index (χ4n) is 3.81. The van der Waals surface area contributed by atoms with Gasteiger partial charge >= 0.3 is 0 Å². The Kier molecular flexibility index (Phi) is 6.99. The highest BCUT2D eigenvalue weighted by Gasteiger charge is 2.37. The Morgan fingerprint density at radius 2 is 1.81 bits per heavy atom. The molecule has 1 fully saturated rings. The maximum absolute atomic E-state index is 13.5. The number of rotatable bonds is 8. The summed E-state index contributed by atoms with van der Waals surface area (Å²) in [4.78, 5) is 29.1. The molecule has 1 aliphatic rings. The van der Waals surface area contributed by atoms with Crippen LogP contribution in [0.25, 0.3) is 0 Å². The zero-order valence-corrected chi connectivity index (χ0v) is 18.2. The lowest BCUT2D eigenvalue weighted by molar-refractivity contribution is -0.136. The number of benzene rings is 2. The molecule has 0 spiro atoms. The quantitative estimate of drug-likeness (QED) is 0.643. The van der Waals surface area contributed by atoms with E-state index in [2.05, 4.69) is 0 Å². The first-order valence-corrected chi connectivity index (χ1v) is 10.0. The molecule has 0 N–H and O–H groups in total. The summed E-state index contributed by atoms with van der Waals surface area (Å²) in [5, 5.41) is 0. The van der Waals surface area contributed by atoms with Crippen LogP contribution in [0.1, 0.15) is 18.9 Å². The molecule has 0 radical (unpaired) electrons. The largest absolute Gasteiger partial charge is 0.493 e. The Bertz CT molecular complexity index is 940. The normalized spacial score (nSPS) is 15.7. The minimum Gasteiger partial charge on any atom is -0.493 e. The Morgan fingerprint density at radius 1 is 1.13 bits per heavy atom. The number of nitrogens with zero attached hydrogens (tertiary/aromatic N) is 2. The number of methoxy groups -OCH3 is 3. The van der Waals surface area contributed by atoms with Crippen molar-refractivity contribution in [3.8, 4) is 17.2 Å². The molecule has 1 unspecified atom stereocenters. The smallest absolute Gasteiger partial charge is 0.228 e. The van der Waals surface area contributed by atoms with Gasteiger partial charge in [-0.15, -0.1) is 0 Å². The summed E-state index contributed by atoms with van der Waals surface area (Å²) in [5.41, 5.74) is 1.28. The van der Waals surface area contributed by atoms with Crippen LogP contribution in [0, 0.1) is 11.7 Å². The van der Waals surface area contributed by atoms with Crippen LogP contribution in [0.15, 0.2) is 36.4 Å². The summed E-state index contributed by atoms with van der Waals surface area (Å²) in [7, 11) is 4.52. The van der Waals surface area contributed by atoms with Gasteiger partial charge in [-0.1, -0.05) is 12.1 Å². The van der Waals surface area contributed by atoms with E-state index in [0.717, 1.165) is 0 Å². The zero-order chi connectivity index (χ0) is 22.5. The van der Waals surface area contributed by atoms with Gasteiger partial charge in [-0.05, 0) is 24.6 Å². The number of ether oxygens (including phenoxy) is 3. The van der Waals surface area contributed by atoms with E-state index in [1.54, 1.807) is 34.1 Å². The molecule has 0 saturated carbocycles. The SMILES string of the molecule is CCN(Cc1cccc(F)c1)C(=O)C1CC(=O)N(c2cc(OC)c(OC)c(OC)c2)C1. The fraction of sp³-hybridized carbons (Fsp3) is 0.391. The average Bonchev–Trinajstić information content (AvgIpc) is 3.17. The van der Waals surface area contributed by atoms with E-state index < -0.39 is 5.92 Å². The number of carbonyl (C=O) groups is 2. The molecule has 1 atom stereocenters. The highest BCUT2D eigenvalue weighted by molar-refractivity contribution is 6.00. The molecule has 2 aromatic rings. The Morgan fingerprint density at radius 3 is 2.35 bits per heavy atom. The van der Waals surface area contributed by atoms with Gasteiger partial charge in [0, 0.05) is 38.2 Å². The van der Waals surface area contributed by atoms with Gasteiger partial charge in [0.05, 0.1) is 32.9 Å². The van der Waals surface area contributed by atoms with Gasteiger partial charge < -0.3 is 24.0 Å². The predicted octanol–water partition coefficient (Wildman–Crippen LogP) is 3.25. The lowest BCUT2D eigenvalue weighted by atomic mass is 10.1. The third-order valence-corrected chi connectivity index (χ3v) is 5.39. The van der Waals surface area contributed by atoms with Crippen molar-refractivity contribution in [2.75, 3.05) is 39.3 Å². The van der Waals surface area contributed by atoms with E-state index in [1.807, 2.05) is 6.92 Å². The predicted molar refractivity (Wildman–Crippen MR) is 114 cm³/mol. The van der Waals surface area contributed by atoms with Crippen LogP contribution in [0.2, 0.25) is 0 Å². The van der Waals surface area contributed by atoms with E-state index in [4.69, 9.17) is 14.2 Å². The molecule has 166 valence electrons. The lowest BCUT2D eigenvalue weighted by Gasteiger charge is -2.25. The van der Waals surface area contributed by atoms with Crippen LogP contribution in [0.4, 0.5) is 10.1 Å². The number of carbonyl (C=O) groups excluding carboxylic acids is 2. The molecule has 0 aromatic heterocycles. The molecule has 1 aliphatic heterocycles. The van der Waals surface area contributed by atoms with Crippen molar-refractivity contribution >= 4 is 17.5 Å². The van der Waals surface area contributed by atoms with Crippen LogP contribution in [0.3, 0.4) is 0 Å². The van der Waals surface area contributed by atoms with Crippen molar-refractivity contribution in [1.82, 2.24) is 4.90 Å². The van der Waals surface area contributed by atoms with E-state index >= 15 is 0 Å². The number of hydrogen-bond donors (Lipinski definition) is 0. The molecule has 0 aliphatic carbocycles. The summed E-state index contributed by atoms with van der Waals surface area (Å²) >= 11 is 0. The van der Waals surface area contributed by atoms with Crippen LogP contribution in [-0.4, -0.2) is 51.1 Å². The van der Waals surface area contributed by atoms with Gasteiger partial charge in [0.2, 0.25) is 17.6 Å². The van der Waals surface area contributed by atoms with Gasteiger partial charge in [0.15, 0.2) is 11.5 Å². The van der Waals surface area contributed by atoms with Crippen molar-refractivity contribution in [2.24, 2.45) is 5.92 Å². The molecule has 1 heterocycles. The van der Waals surface area contributed by atoms with Crippen LogP contribution in [0.5, 0.6) is 17.2 Å². The summed E-state index contributed by atoms with van der Waals surface area (Å²) in [6.07, 6.45) is 0.106. The second-order valence-corrected chi connectivity index (χ2v) is 7.27. The molecule has 2 amide bonds. The lowest BCUT2D eigenvalue weighted by Crippen LogP contribution is -2.37. The van der Waals surface area contributed by atoms with E-state index in [0.29, 0.717) is 41.6 Å². The third-order valence-electron chi connectivity index (χ3n) is 5.39. The first kappa shape index (κ1) is 22.4. The van der Waals surface area contributed by atoms with Crippen molar-refractivity contribution in [2.45, 2.75) is 19.9 Å². The van der Waals surface area contributed by atoms with Gasteiger partial charge in [0.1, 0.15) is 5.82 Å². The van der Waals surface area contributed by atoms with E-state index in [1.165, 1.54) is 33.5 Å². The maximum atomic E-state index is 13.5. The molecule has 3 rings (SSSR count). The van der Waals surface area contributed by atoms with Crippen LogP contribution >= 0.6 is 0 Å². The van der Waals surface area contributed by atoms with Gasteiger partial charge in [-0.3, -0.25) is 9.59 Å². The van der Waals surface area contributed by atoms with Crippen molar-refractivity contribution in [1.29, 1.82) is 0 Å². The van der Waals surface area contributed by atoms with Crippen LogP contribution < -0.4 is 19.1 Å². The average molecular weight is 430 g/mol. The number of hydrogen-bond acceptors (Lipinski definition) is 5. The Labute approximate surface area is 181 Å². The Hall–Kier alpha value is -3.29. The maximum Gasteiger partial charge on any atom is 0.228 e. The molecule has 1 saturated heterocycles. The monoisotopic (exact) mass is 430 g/mol. The van der Waals surface area contributed by atoms with Crippen molar-refractivity contribution < 1.29 is 28.2 Å². The highest BCUT2D eigenvalue weighted by Crippen LogP contribution is 2.42. The standard InChI is InChI=1S/C23H27FN2O5/c1-5-25(13-15-7-6-8-17(24)9-15)23(28)16-10-21(27)26(14-16)18-11-19(29-2)22(31-4)20(12-18)30-3/h6-9,11-12,16H,5,10,13-14H2,1-4H3. The van der Waals surface area contributed by atoms with Gasteiger partial charge in [0.25, 0.3) is 0 Å². The van der Waals surface area contributed by atoms with Crippen molar-refractivity contribution in [3.63, 3.8) is 0 Å². The van der Waals surface area contributed by atoms with Crippen molar-refractivity contribution in [3.05, 3.63) is 47.8 Å². The van der Waals surface area contributed by atoms with Gasteiger partial charge in [-0.25, -0.2) is 4.39 Å². The fourth-order valence-corrected chi connectivity index (χ4v) is 3.81. The third kappa shape index (κ3) is 4.73. The molecular formula is C23H27FN2O5. The minimum absolute atomic E-state index is 0.106. The molecule has 0 bridgehead atoms. The van der Waals surface area contributed by atoms with E-state index in [-0.39, 0.29) is 30.6 Å². The Balaban J connectivity index is 1.79. The van der Waals surface area contributed by atoms with E-state index in [9.17, 15) is 14.0 Å². The summed E-state index contributed by atoms with van der Waals surface area (Å²) in [6, 6.07) is 9.56. The zero-order valence-electron chi connectivity index (χ0n) is 18.2. The molecule has 2 aromatic carbocycles. The van der Waals surface area contributed by atoms with Crippen LogP contribution in [-0.2, 0) is 16.1 Å². The summed E-state index contributed by atoms with van der Waals surface area (Å²) in [5.74, 6) is 0.178.